The Morgan fingerprint density at radius 1 is 1.60 bits per heavy atom. The van der Waals surface area contributed by atoms with E-state index in [0.29, 0.717) is 0 Å². The van der Waals surface area contributed by atoms with Crippen LogP contribution in [0.3, 0.4) is 0 Å². The molecule has 4 N–H and O–H groups in total. The molecule has 0 bridgehead atoms. The van der Waals surface area contributed by atoms with Crippen molar-refractivity contribution in [3.05, 3.63) is 20.8 Å². The van der Waals surface area contributed by atoms with Gasteiger partial charge in [0, 0.05) is 7.05 Å². The fraction of sp³-hybridized carbons (Fsp3) is 0.571. The smallest absolute Gasteiger partial charge is 0.344 e. The Morgan fingerprint density at radius 3 is 2.80 bits per heavy atom. The van der Waals surface area contributed by atoms with Crippen LogP contribution in [0.1, 0.15) is 0 Å². The molecule has 15 heavy (non-hydrogen) atoms. The summed E-state index contributed by atoms with van der Waals surface area (Å²) in [6.07, 6.45) is -1.09. The van der Waals surface area contributed by atoms with E-state index in [2.05, 4.69) is 10.4 Å². The van der Waals surface area contributed by atoms with Crippen molar-refractivity contribution in [3.8, 4) is 0 Å². The lowest BCUT2D eigenvalue weighted by atomic mass is 10.4. The van der Waals surface area contributed by atoms with Crippen LogP contribution in [0.4, 0.5) is 5.82 Å². The molecule has 8 heteroatoms. The van der Waals surface area contributed by atoms with Crippen molar-refractivity contribution in [1.82, 2.24) is 14.8 Å². The summed E-state index contributed by atoms with van der Waals surface area (Å²) in [6, 6.07) is 0. The van der Waals surface area contributed by atoms with Gasteiger partial charge in [-0.05, 0) is 0 Å². The molecular formula is C7H12N4O4. The number of rotatable bonds is 4. The lowest BCUT2D eigenvalue weighted by Gasteiger charge is -2.08. The van der Waals surface area contributed by atoms with Crippen molar-refractivity contribution >= 4 is 5.82 Å². The topological polar surface area (TPSA) is 120 Å². The van der Waals surface area contributed by atoms with Gasteiger partial charge < -0.3 is 15.5 Å². The van der Waals surface area contributed by atoms with Crippen LogP contribution in [0.15, 0.2) is 9.59 Å². The zero-order valence-electron chi connectivity index (χ0n) is 8.10. The molecule has 0 aliphatic rings. The minimum Gasteiger partial charge on any atom is -0.394 e. The molecule has 84 valence electrons. The van der Waals surface area contributed by atoms with Crippen LogP contribution in [0, 0.1) is 0 Å². The summed E-state index contributed by atoms with van der Waals surface area (Å²) in [7, 11) is 1.48. The second-order valence-corrected chi connectivity index (χ2v) is 2.88. The fourth-order valence-electron chi connectivity index (χ4n) is 0.977. The lowest BCUT2D eigenvalue weighted by Crippen LogP contribution is -2.37. The van der Waals surface area contributed by atoms with E-state index in [9.17, 15) is 9.59 Å². The summed E-state index contributed by atoms with van der Waals surface area (Å²) in [6.45, 7) is -0.664. The first kappa shape index (κ1) is 11.4. The maximum absolute atomic E-state index is 11.2. The molecule has 0 saturated heterocycles. The predicted molar refractivity (Wildman–Crippen MR) is 51.8 cm³/mol. The first-order valence-electron chi connectivity index (χ1n) is 4.26. The van der Waals surface area contributed by atoms with Crippen molar-refractivity contribution in [2.24, 2.45) is 0 Å². The SMILES string of the molecule is CNc1nn(CC(O)CO)c(=O)[nH]c1=O. The quantitative estimate of drug-likeness (QED) is 0.435. The van der Waals surface area contributed by atoms with Gasteiger partial charge >= 0.3 is 5.69 Å². The molecule has 0 amide bonds. The summed E-state index contributed by atoms with van der Waals surface area (Å²) in [4.78, 5) is 24.3. The highest BCUT2D eigenvalue weighted by Gasteiger charge is 2.08. The second-order valence-electron chi connectivity index (χ2n) is 2.88. The molecule has 1 rings (SSSR count). The maximum atomic E-state index is 11.2. The van der Waals surface area contributed by atoms with Crippen molar-refractivity contribution < 1.29 is 10.2 Å². The molecule has 0 spiro atoms. The molecule has 1 heterocycles. The largest absolute Gasteiger partial charge is 0.394 e. The van der Waals surface area contributed by atoms with Gasteiger partial charge in [-0.25, -0.2) is 9.48 Å². The van der Waals surface area contributed by atoms with E-state index in [1.54, 1.807) is 0 Å². The number of H-pyrrole nitrogens is 1. The van der Waals surface area contributed by atoms with Gasteiger partial charge in [0.05, 0.1) is 19.3 Å². The lowest BCUT2D eigenvalue weighted by molar-refractivity contribution is 0.0766. The van der Waals surface area contributed by atoms with Crippen LogP contribution in [0.2, 0.25) is 0 Å². The third-order valence-corrected chi connectivity index (χ3v) is 1.72. The van der Waals surface area contributed by atoms with Gasteiger partial charge in [0.2, 0.25) is 5.82 Å². The van der Waals surface area contributed by atoms with E-state index in [1.807, 2.05) is 4.98 Å². The zero-order chi connectivity index (χ0) is 11.4. The average Bonchev–Trinajstić information content (AvgIpc) is 2.21. The van der Waals surface area contributed by atoms with Crippen molar-refractivity contribution in [3.63, 3.8) is 0 Å². The number of aliphatic hydroxyl groups excluding tert-OH is 2. The Morgan fingerprint density at radius 2 is 2.27 bits per heavy atom. The third kappa shape index (κ3) is 2.64. The highest BCUT2D eigenvalue weighted by Crippen LogP contribution is 1.88. The number of aromatic nitrogens is 3. The Kier molecular flexibility index (Phi) is 3.58. The minimum atomic E-state index is -1.09. The number of aromatic amines is 1. The Bertz CT molecular complexity index is 437. The zero-order valence-corrected chi connectivity index (χ0v) is 8.10. The Balaban J connectivity index is 3.08. The predicted octanol–water partition coefficient (Wildman–Crippen LogP) is -2.67. The Hall–Kier alpha value is -1.67. The third-order valence-electron chi connectivity index (χ3n) is 1.72. The van der Waals surface area contributed by atoms with E-state index < -0.39 is 24.0 Å². The highest BCUT2D eigenvalue weighted by molar-refractivity contribution is 5.27. The van der Waals surface area contributed by atoms with Crippen LogP contribution in [0.5, 0.6) is 0 Å². The molecular weight excluding hydrogens is 204 g/mol. The summed E-state index contributed by atoms with van der Waals surface area (Å²) in [5.74, 6) is -0.0280. The molecule has 1 aromatic heterocycles. The minimum absolute atomic E-state index is 0.0280. The van der Waals surface area contributed by atoms with Crippen LogP contribution in [0.25, 0.3) is 0 Å². The van der Waals surface area contributed by atoms with Crippen LogP contribution < -0.4 is 16.6 Å². The second kappa shape index (κ2) is 4.71. The number of hydrogen-bond donors (Lipinski definition) is 4. The van der Waals surface area contributed by atoms with Crippen LogP contribution in [-0.2, 0) is 6.54 Å². The summed E-state index contributed by atoms with van der Waals surface area (Å²) in [5, 5.41) is 23.8. The molecule has 1 unspecified atom stereocenters. The summed E-state index contributed by atoms with van der Waals surface area (Å²) >= 11 is 0. The van der Waals surface area contributed by atoms with Gasteiger partial charge in [0.25, 0.3) is 5.56 Å². The molecule has 8 nitrogen and oxygen atoms in total. The molecule has 0 aliphatic heterocycles. The molecule has 0 aromatic carbocycles. The number of hydrogen-bond acceptors (Lipinski definition) is 6. The highest BCUT2D eigenvalue weighted by atomic mass is 16.3. The molecule has 1 aromatic rings. The molecule has 0 radical (unpaired) electrons. The van der Waals surface area contributed by atoms with Crippen LogP contribution >= 0.6 is 0 Å². The van der Waals surface area contributed by atoms with Crippen molar-refractivity contribution in [1.29, 1.82) is 0 Å². The molecule has 0 fully saturated rings. The number of anilines is 1. The maximum Gasteiger partial charge on any atom is 0.344 e. The van der Waals surface area contributed by atoms with Gasteiger partial charge in [0.1, 0.15) is 0 Å². The summed E-state index contributed by atoms with van der Waals surface area (Å²) < 4.78 is 0.869. The van der Waals surface area contributed by atoms with E-state index in [1.165, 1.54) is 7.05 Å². The number of aliphatic hydroxyl groups is 2. The summed E-state index contributed by atoms with van der Waals surface area (Å²) in [5.41, 5.74) is -1.36. The van der Waals surface area contributed by atoms with Gasteiger partial charge in [0.15, 0.2) is 0 Å². The van der Waals surface area contributed by atoms with E-state index in [4.69, 9.17) is 10.2 Å². The average molecular weight is 216 g/mol. The van der Waals surface area contributed by atoms with Gasteiger partial charge in [-0.2, -0.15) is 0 Å². The van der Waals surface area contributed by atoms with Gasteiger partial charge in [-0.1, -0.05) is 0 Å². The Labute approximate surface area is 84.2 Å². The van der Waals surface area contributed by atoms with E-state index >= 15 is 0 Å². The van der Waals surface area contributed by atoms with Crippen LogP contribution in [-0.4, -0.2) is 44.7 Å². The fourth-order valence-corrected chi connectivity index (χ4v) is 0.977. The van der Waals surface area contributed by atoms with Crippen molar-refractivity contribution in [2.45, 2.75) is 12.6 Å². The van der Waals surface area contributed by atoms with E-state index in [-0.39, 0.29) is 12.4 Å². The first-order chi connectivity index (χ1) is 7.08. The number of nitrogens with zero attached hydrogens (tertiary/aromatic N) is 2. The monoisotopic (exact) mass is 216 g/mol. The molecule has 0 saturated carbocycles. The normalized spacial score (nSPS) is 12.5. The first-order valence-corrected chi connectivity index (χ1v) is 4.26. The van der Waals surface area contributed by atoms with Gasteiger partial charge in [-0.3, -0.25) is 9.78 Å². The van der Waals surface area contributed by atoms with E-state index in [0.717, 1.165) is 4.68 Å². The molecule has 1 atom stereocenters. The standard InChI is InChI=1S/C7H12N4O4/c1-8-5-6(14)9-7(15)11(10-5)2-4(13)3-12/h4,12-13H,2-3H2,1H3,(H,8,10)(H,9,14,15). The van der Waals surface area contributed by atoms with Crippen molar-refractivity contribution in [2.75, 3.05) is 19.0 Å². The molecule has 0 aliphatic carbocycles. The van der Waals surface area contributed by atoms with Gasteiger partial charge in [-0.15, -0.1) is 5.10 Å². The number of nitrogens with one attached hydrogen (secondary N) is 2.